The van der Waals surface area contributed by atoms with Crippen LogP contribution < -0.4 is 5.32 Å². The van der Waals surface area contributed by atoms with Crippen LogP contribution in [0.1, 0.15) is 72.9 Å². The fourth-order valence-electron chi connectivity index (χ4n) is 3.61. The lowest BCUT2D eigenvalue weighted by Crippen LogP contribution is -2.52. The summed E-state index contributed by atoms with van der Waals surface area (Å²) in [6.45, 7) is 0.368. The summed E-state index contributed by atoms with van der Waals surface area (Å²) in [6, 6.07) is 4.93. The van der Waals surface area contributed by atoms with Crippen molar-refractivity contribution in [1.82, 2.24) is 10.2 Å². The molecule has 1 saturated heterocycles. The van der Waals surface area contributed by atoms with E-state index in [4.69, 9.17) is 0 Å². The lowest BCUT2D eigenvalue weighted by Gasteiger charge is -2.29. The molecule has 1 aromatic rings. The standard InChI is InChI=1S/C22H24N2O4/c25-13-7-5-3-1-2-4-6-8-16-9-10-18-17(14-16)15-24(22(18)28)19-11-12-20(26)23-21(19)27/h9-10,13-14,19H,1-5,7,11-12,15H2,(H,23,26,27). The third kappa shape index (κ3) is 4.66. The highest BCUT2D eigenvalue weighted by Gasteiger charge is 2.38. The van der Waals surface area contributed by atoms with Crippen molar-refractivity contribution in [3.8, 4) is 11.8 Å². The Morgan fingerprint density at radius 1 is 1.14 bits per heavy atom. The number of hydrogen-bond donors (Lipinski definition) is 1. The van der Waals surface area contributed by atoms with Crippen molar-refractivity contribution in [2.45, 2.75) is 64.0 Å². The Hall–Kier alpha value is -2.94. The molecular formula is C22H24N2O4. The number of carbonyl (C=O) groups excluding carboxylic acids is 4. The van der Waals surface area contributed by atoms with E-state index in [0.29, 0.717) is 24.9 Å². The van der Waals surface area contributed by atoms with E-state index in [-0.39, 0.29) is 18.2 Å². The quantitative estimate of drug-likeness (QED) is 0.341. The van der Waals surface area contributed by atoms with Gasteiger partial charge < -0.3 is 9.69 Å². The molecule has 0 spiro atoms. The smallest absolute Gasteiger partial charge is 0.255 e. The molecule has 0 aliphatic carbocycles. The predicted molar refractivity (Wildman–Crippen MR) is 103 cm³/mol. The molecule has 2 heterocycles. The fraction of sp³-hybridized carbons (Fsp3) is 0.455. The zero-order valence-electron chi connectivity index (χ0n) is 15.8. The summed E-state index contributed by atoms with van der Waals surface area (Å²) in [5, 5.41) is 2.31. The zero-order chi connectivity index (χ0) is 19.9. The molecule has 0 saturated carbocycles. The average Bonchev–Trinajstić information content (AvgIpc) is 3.00. The van der Waals surface area contributed by atoms with Gasteiger partial charge in [0.1, 0.15) is 12.3 Å². The monoisotopic (exact) mass is 380 g/mol. The second kappa shape index (κ2) is 9.32. The first-order chi connectivity index (χ1) is 13.6. The number of nitrogens with zero attached hydrogens (tertiary/aromatic N) is 1. The third-order valence-corrected chi connectivity index (χ3v) is 5.13. The lowest BCUT2D eigenvalue weighted by molar-refractivity contribution is -0.136. The van der Waals surface area contributed by atoms with Gasteiger partial charge in [-0.1, -0.05) is 24.7 Å². The molecule has 3 rings (SSSR count). The van der Waals surface area contributed by atoms with E-state index in [1.165, 1.54) is 0 Å². The molecule has 1 N–H and O–H groups in total. The van der Waals surface area contributed by atoms with E-state index in [1.54, 1.807) is 11.0 Å². The van der Waals surface area contributed by atoms with Gasteiger partial charge >= 0.3 is 0 Å². The Morgan fingerprint density at radius 3 is 2.75 bits per heavy atom. The highest BCUT2D eigenvalue weighted by Crippen LogP contribution is 2.28. The normalized spacial score (nSPS) is 18.4. The molecule has 6 heteroatoms. The van der Waals surface area contributed by atoms with Crippen LogP contribution in [-0.4, -0.2) is 34.9 Å². The first-order valence-corrected chi connectivity index (χ1v) is 9.80. The number of aldehydes is 1. The Labute approximate surface area is 164 Å². The molecule has 1 atom stereocenters. The average molecular weight is 380 g/mol. The number of unbranched alkanes of at least 4 members (excludes halogenated alkanes) is 5. The van der Waals surface area contributed by atoms with E-state index in [9.17, 15) is 19.2 Å². The van der Waals surface area contributed by atoms with Crippen LogP contribution >= 0.6 is 0 Å². The van der Waals surface area contributed by atoms with Gasteiger partial charge in [-0.3, -0.25) is 19.7 Å². The molecule has 0 bridgehead atoms. The van der Waals surface area contributed by atoms with Gasteiger partial charge in [-0.05, 0) is 43.0 Å². The Morgan fingerprint density at radius 2 is 1.96 bits per heavy atom. The second-order valence-corrected chi connectivity index (χ2v) is 7.19. The lowest BCUT2D eigenvalue weighted by atomic mass is 10.0. The van der Waals surface area contributed by atoms with Crippen molar-refractivity contribution in [3.05, 3.63) is 34.9 Å². The maximum Gasteiger partial charge on any atom is 0.255 e. The molecule has 0 aromatic heterocycles. The summed E-state index contributed by atoms with van der Waals surface area (Å²) in [4.78, 5) is 47.8. The largest absolute Gasteiger partial charge is 0.322 e. The van der Waals surface area contributed by atoms with Crippen molar-refractivity contribution >= 4 is 24.0 Å². The van der Waals surface area contributed by atoms with Crippen molar-refractivity contribution in [1.29, 1.82) is 0 Å². The summed E-state index contributed by atoms with van der Waals surface area (Å²) in [5.74, 6) is 5.45. The fourth-order valence-corrected chi connectivity index (χ4v) is 3.61. The van der Waals surface area contributed by atoms with Crippen LogP contribution in [0.15, 0.2) is 18.2 Å². The molecule has 28 heavy (non-hydrogen) atoms. The van der Waals surface area contributed by atoms with Gasteiger partial charge in [0.15, 0.2) is 0 Å². The molecule has 2 aliphatic heterocycles. The van der Waals surface area contributed by atoms with Crippen molar-refractivity contribution < 1.29 is 19.2 Å². The van der Waals surface area contributed by atoms with Crippen LogP contribution in [0.25, 0.3) is 0 Å². The molecule has 3 amide bonds. The number of piperidine rings is 1. The summed E-state index contributed by atoms with van der Waals surface area (Å²) in [7, 11) is 0. The van der Waals surface area contributed by atoms with Gasteiger partial charge in [-0.25, -0.2) is 0 Å². The summed E-state index contributed by atoms with van der Waals surface area (Å²) in [5.41, 5.74) is 2.33. The minimum atomic E-state index is -0.591. The van der Waals surface area contributed by atoms with Crippen LogP contribution in [-0.2, 0) is 20.9 Å². The maximum atomic E-state index is 12.6. The summed E-state index contributed by atoms with van der Waals surface area (Å²) >= 11 is 0. The van der Waals surface area contributed by atoms with Crippen LogP contribution in [0.2, 0.25) is 0 Å². The van der Waals surface area contributed by atoms with Gasteiger partial charge in [0.25, 0.3) is 5.91 Å². The zero-order valence-corrected chi connectivity index (χ0v) is 15.8. The summed E-state index contributed by atoms with van der Waals surface area (Å²) in [6.07, 6.45) is 7.10. The van der Waals surface area contributed by atoms with Crippen molar-refractivity contribution in [2.75, 3.05) is 0 Å². The van der Waals surface area contributed by atoms with E-state index in [1.807, 2.05) is 12.1 Å². The predicted octanol–water partition coefficient (Wildman–Crippen LogP) is 2.34. The van der Waals surface area contributed by atoms with Crippen molar-refractivity contribution in [3.63, 3.8) is 0 Å². The van der Waals surface area contributed by atoms with Gasteiger partial charge in [0, 0.05) is 36.9 Å². The third-order valence-electron chi connectivity index (χ3n) is 5.13. The number of rotatable bonds is 7. The minimum Gasteiger partial charge on any atom is -0.322 e. The first kappa shape index (κ1) is 19.8. The highest BCUT2D eigenvalue weighted by molar-refractivity contribution is 6.05. The molecule has 6 nitrogen and oxygen atoms in total. The van der Waals surface area contributed by atoms with Gasteiger partial charge in [-0.2, -0.15) is 0 Å². The van der Waals surface area contributed by atoms with Crippen LogP contribution in [0, 0.1) is 11.8 Å². The van der Waals surface area contributed by atoms with E-state index >= 15 is 0 Å². The number of hydrogen-bond acceptors (Lipinski definition) is 4. The van der Waals surface area contributed by atoms with E-state index in [2.05, 4.69) is 17.2 Å². The number of nitrogens with one attached hydrogen (secondary N) is 1. The van der Waals surface area contributed by atoms with Gasteiger partial charge in [0.2, 0.25) is 11.8 Å². The molecule has 1 unspecified atom stereocenters. The Bertz CT molecular complexity index is 850. The SMILES string of the molecule is O=CCCCCCCC#Cc1ccc2c(c1)CN(C1CCC(=O)NC1=O)C2=O. The number of carbonyl (C=O) groups is 4. The highest BCUT2D eigenvalue weighted by atomic mass is 16.2. The Kier molecular flexibility index (Phi) is 6.59. The number of benzene rings is 1. The van der Waals surface area contributed by atoms with Crippen LogP contribution in [0.4, 0.5) is 0 Å². The summed E-state index contributed by atoms with van der Waals surface area (Å²) < 4.78 is 0. The minimum absolute atomic E-state index is 0.167. The Balaban J connectivity index is 1.56. The first-order valence-electron chi connectivity index (χ1n) is 9.80. The number of imide groups is 1. The topological polar surface area (TPSA) is 83.6 Å². The second-order valence-electron chi connectivity index (χ2n) is 7.19. The van der Waals surface area contributed by atoms with Crippen LogP contribution in [0.5, 0.6) is 0 Å². The maximum absolute atomic E-state index is 12.6. The van der Waals surface area contributed by atoms with E-state index < -0.39 is 11.9 Å². The number of amides is 3. The van der Waals surface area contributed by atoms with E-state index in [0.717, 1.165) is 49.5 Å². The number of fused-ring (bicyclic) bond motifs is 1. The van der Waals surface area contributed by atoms with Gasteiger partial charge in [0.05, 0.1) is 0 Å². The van der Waals surface area contributed by atoms with Gasteiger partial charge in [-0.15, -0.1) is 0 Å². The van der Waals surface area contributed by atoms with Crippen molar-refractivity contribution in [2.24, 2.45) is 0 Å². The molecular weight excluding hydrogens is 356 g/mol. The molecule has 2 aliphatic rings. The molecule has 1 aromatic carbocycles. The molecule has 1 fully saturated rings. The molecule has 146 valence electrons. The molecule has 0 radical (unpaired) electrons. The van der Waals surface area contributed by atoms with Crippen LogP contribution in [0.3, 0.4) is 0 Å².